The maximum atomic E-state index is 10.9. The second kappa shape index (κ2) is 7.28. The van der Waals surface area contributed by atoms with Crippen LogP contribution in [-0.4, -0.2) is 26.2 Å². The number of ether oxygens (including phenoxy) is 1. The van der Waals surface area contributed by atoms with Gasteiger partial charge in [0.05, 0.1) is 0 Å². The van der Waals surface area contributed by atoms with E-state index < -0.39 is 0 Å². The van der Waals surface area contributed by atoms with E-state index in [0.717, 1.165) is 6.42 Å². The Bertz CT molecular complexity index is 123. The van der Waals surface area contributed by atoms with Crippen molar-refractivity contribution in [3.63, 3.8) is 0 Å². The Morgan fingerprint density at radius 2 is 2.45 bits per heavy atom. The molecule has 0 unspecified atom stereocenters. The molecule has 0 bridgehead atoms. The van der Waals surface area contributed by atoms with Crippen LogP contribution < -0.4 is 5.32 Å². The van der Waals surface area contributed by atoms with E-state index in [9.17, 15) is 4.79 Å². The second-order valence-corrected chi connectivity index (χ2v) is 2.19. The van der Waals surface area contributed by atoms with Gasteiger partial charge in [0, 0.05) is 26.7 Å². The minimum atomic E-state index is 0.0574. The van der Waals surface area contributed by atoms with Crippen LogP contribution in [-0.2, 0) is 9.53 Å². The van der Waals surface area contributed by atoms with E-state index in [1.165, 1.54) is 0 Å². The zero-order valence-corrected chi connectivity index (χ0v) is 6.93. The first-order valence-corrected chi connectivity index (χ1v) is 3.67. The van der Waals surface area contributed by atoms with Crippen LogP contribution in [0, 0.1) is 0 Å². The summed E-state index contributed by atoms with van der Waals surface area (Å²) >= 11 is 0. The number of carbonyl (C=O) groups is 1. The maximum absolute atomic E-state index is 10.9. The highest BCUT2D eigenvalue weighted by atomic mass is 16.5. The van der Waals surface area contributed by atoms with Crippen molar-refractivity contribution in [2.75, 3.05) is 20.3 Å². The third-order valence-electron chi connectivity index (χ3n) is 1.20. The lowest BCUT2D eigenvalue weighted by Gasteiger charge is -2.00. The molecule has 0 aliphatic heterocycles. The summed E-state index contributed by atoms with van der Waals surface area (Å²) in [6, 6.07) is 0. The molecule has 0 aromatic heterocycles. The quantitative estimate of drug-likeness (QED) is 0.455. The second-order valence-electron chi connectivity index (χ2n) is 2.19. The summed E-state index contributed by atoms with van der Waals surface area (Å²) in [5.74, 6) is 0.0574. The topological polar surface area (TPSA) is 38.3 Å². The third-order valence-corrected chi connectivity index (χ3v) is 1.20. The van der Waals surface area contributed by atoms with Gasteiger partial charge in [0.15, 0.2) is 0 Å². The molecule has 0 aromatic rings. The molecule has 64 valence electrons. The molecule has 0 spiro atoms. The highest BCUT2D eigenvalue weighted by Gasteiger charge is 1.97. The first-order chi connectivity index (χ1) is 5.31. The predicted molar refractivity (Wildman–Crippen MR) is 44.3 cm³/mol. The van der Waals surface area contributed by atoms with Gasteiger partial charge in [-0.2, -0.15) is 0 Å². The Hall–Kier alpha value is -0.830. The first kappa shape index (κ1) is 10.2. The van der Waals surface area contributed by atoms with Gasteiger partial charge in [0.2, 0.25) is 5.91 Å². The monoisotopic (exact) mass is 157 g/mol. The van der Waals surface area contributed by atoms with E-state index in [1.54, 1.807) is 13.2 Å². The summed E-state index contributed by atoms with van der Waals surface area (Å²) in [6.07, 6.45) is 2.97. The molecule has 0 aliphatic carbocycles. The van der Waals surface area contributed by atoms with Crippen LogP contribution in [0.15, 0.2) is 12.7 Å². The standard InChI is InChI=1S/C8H15NO2/c1-3-6-9-8(10)5-4-7-11-2/h3H,1,4-7H2,2H3,(H,9,10). The van der Waals surface area contributed by atoms with E-state index >= 15 is 0 Å². The van der Waals surface area contributed by atoms with E-state index in [4.69, 9.17) is 4.74 Å². The highest BCUT2D eigenvalue weighted by Crippen LogP contribution is 1.88. The minimum Gasteiger partial charge on any atom is -0.385 e. The van der Waals surface area contributed by atoms with Crippen molar-refractivity contribution in [2.45, 2.75) is 12.8 Å². The van der Waals surface area contributed by atoms with Gasteiger partial charge in [-0.25, -0.2) is 0 Å². The van der Waals surface area contributed by atoms with Crippen molar-refractivity contribution >= 4 is 5.91 Å². The molecule has 0 rings (SSSR count). The number of methoxy groups -OCH3 is 1. The largest absolute Gasteiger partial charge is 0.385 e. The van der Waals surface area contributed by atoms with E-state index in [0.29, 0.717) is 19.6 Å². The average Bonchev–Trinajstić information content (AvgIpc) is 2.01. The molecule has 0 aliphatic rings. The number of amides is 1. The van der Waals surface area contributed by atoms with Crippen LogP contribution in [0.4, 0.5) is 0 Å². The lowest BCUT2D eigenvalue weighted by molar-refractivity contribution is -0.121. The maximum Gasteiger partial charge on any atom is 0.220 e. The highest BCUT2D eigenvalue weighted by molar-refractivity contribution is 5.75. The van der Waals surface area contributed by atoms with Crippen molar-refractivity contribution in [1.82, 2.24) is 5.32 Å². The lowest BCUT2D eigenvalue weighted by atomic mass is 10.3. The van der Waals surface area contributed by atoms with Gasteiger partial charge in [-0.3, -0.25) is 4.79 Å². The first-order valence-electron chi connectivity index (χ1n) is 3.67. The van der Waals surface area contributed by atoms with Crippen molar-refractivity contribution in [2.24, 2.45) is 0 Å². The van der Waals surface area contributed by atoms with Crippen molar-refractivity contribution in [3.8, 4) is 0 Å². The summed E-state index contributed by atoms with van der Waals surface area (Å²) in [7, 11) is 1.63. The summed E-state index contributed by atoms with van der Waals surface area (Å²) in [5, 5.41) is 2.68. The Kier molecular flexibility index (Phi) is 6.73. The molecule has 0 saturated heterocycles. The smallest absolute Gasteiger partial charge is 0.220 e. The fourth-order valence-corrected chi connectivity index (χ4v) is 0.651. The number of hydrogen-bond acceptors (Lipinski definition) is 2. The fourth-order valence-electron chi connectivity index (χ4n) is 0.651. The number of nitrogens with one attached hydrogen (secondary N) is 1. The molecule has 11 heavy (non-hydrogen) atoms. The van der Waals surface area contributed by atoms with Gasteiger partial charge in [-0.1, -0.05) is 6.08 Å². The Morgan fingerprint density at radius 3 is 3.00 bits per heavy atom. The van der Waals surface area contributed by atoms with E-state index in [-0.39, 0.29) is 5.91 Å². The summed E-state index contributed by atoms with van der Waals surface area (Å²) < 4.78 is 4.80. The zero-order valence-electron chi connectivity index (χ0n) is 6.93. The van der Waals surface area contributed by atoms with Crippen molar-refractivity contribution in [3.05, 3.63) is 12.7 Å². The fraction of sp³-hybridized carbons (Fsp3) is 0.625. The molecule has 3 heteroatoms. The third kappa shape index (κ3) is 7.06. The van der Waals surface area contributed by atoms with E-state index in [1.807, 2.05) is 0 Å². The molecule has 0 radical (unpaired) electrons. The predicted octanol–water partition coefficient (Wildman–Crippen LogP) is 0.715. The molecule has 1 N–H and O–H groups in total. The Morgan fingerprint density at radius 1 is 1.73 bits per heavy atom. The normalized spacial score (nSPS) is 9.18. The van der Waals surface area contributed by atoms with Crippen LogP contribution in [0.3, 0.4) is 0 Å². The molecule has 0 fully saturated rings. The van der Waals surface area contributed by atoms with Crippen LogP contribution in [0.1, 0.15) is 12.8 Å². The molecule has 3 nitrogen and oxygen atoms in total. The molecule has 0 saturated carbocycles. The van der Waals surface area contributed by atoms with Crippen LogP contribution >= 0.6 is 0 Å². The van der Waals surface area contributed by atoms with Crippen molar-refractivity contribution < 1.29 is 9.53 Å². The van der Waals surface area contributed by atoms with Crippen LogP contribution in [0.25, 0.3) is 0 Å². The molecular weight excluding hydrogens is 142 g/mol. The van der Waals surface area contributed by atoms with Gasteiger partial charge in [0.25, 0.3) is 0 Å². The SMILES string of the molecule is C=CCNC(=O)CCCOC. The molecule has 0 aromatic carbocycles. The number of hydrogen-bond donors (Lipinski definition) is 1. The van der Waals surface area contributed by atoms with Gasteiger partial charge in [-0.15, -0.1) is 6.58 Å². The molecule has 0 atom stereocenters. The van der Waals surface area contributed by atoms with Gasteiger partial charge in [0.1, 0.15) is 0 Å². The lowest BCUT2D eigenvalue weighted by Crippen LogP contribution is -2.22. The van der Waals surface area contributed by atoms with Crippen LogP contribution in [0.5, 0.6) is 0 Å². The van der Waals surface area contributed by atoms with Gasteiger partial charge in [-0.05, 0) is 6.42 Å². The number of rotatable bonds is 6. The zero-order chi connectivity index (χ0) is 8.53. The molecular formula is C8H15NO2. The summed E-state index contributed by atoms with van der Waals surface area (Å²) in [5.41, 5.74) is 0. The van der Waals surface area contributed by atoms with Gasteiger partial charge < -0.3 is 10.1 Å². The minimum absolute atomic E-state index is 0.0574. The molecule has 1 amide bonds. The Balaban J connectivity index is 3.15. The summed E-state index contributed by atoms with van der Waals surface area (Å²) in [4.78, 5) is 10.9. The number of carbonyl (C=O) groups excluding carboxylic acids is 1. The Labute approximate surface area is 67.4 Å². The molecule has 0 heterocycles. The van der Waals surface area contributed by atoms with Crippen molar-refractivity contribution in [1.29, 1.82) is 0 Å². The van der Waals surface area contributed by atoms with E-state index in [2.05, 4.69) is 11.9 Å². The summed E-state index contributed by atoms with van der Waals surface area (Å²) in [6.45, 7) is 4.68. The van der Waals surface area contributed by atoms with Crippen LogP contribution in [0.2, 0.25) is 0 Å². The van der Waals surface area contributed by atoms with Gasteiger partial charge >= 0.3 is 0 Å². The average molecular weight is 157 g/mol.